The number of hydrogen-bond donors (Lipinski definition) is 2. The molecule has 3 aliphatic rings. The summed E-state index contributed by atoms with van der Waals surface area (Å²) in [5.74, 6) is 2.56. The van der Waals surface area contributed by atoms with Crippen molar-refractivity contribution in [1.82, 2.24) is 9.97 Å². The van der Waals surface area contributed by atoms with Crippen molar-refractivity contribution in [3.63, 3.8) is 0 Å². The van der Waals surface area contributed by atoms with E-state index in [1.165, 1.54) is 5.56 Å². The van der Waals surface area contributed by atoms with Crippen molar-refractivity contribution in [3.8, 4) is 6.07 Å². The van der Waals surface area contributed by atoms with Crippen LogP contribution in [0.2, 0.25) is 0 Å². The van der Waals surface area contributed by atoms with Gasteiger partial charge in [0.05, 0.1) is 35.2 Å². The lowest BCUT2D eigenvalue weighted by atomic mass is 9.89. The lowest BCUT2D eigenvalue weighted by Crippen LogP contribution is -2.35. The monoisotopic (exact) mass is 424 g/mol. The van der Waals surface area contributed by atoms with Gasteiger partial charge in [-0.05, 0) is 49.3 Å². The van der Waals surface area contributed by atoms with Gasteiger partial charge < -0.3 is 15.3 Å². The largest absolute Gasteiger partial charge is 0.394 e. The molecule has 2 aliphatic heterocycles. The average molecular weight is 425 g/mol. The van der Waals surface area contributed by atoms with E-state index in [-0.39, 0.29) is 12.1 Å². The molecule has 1 aromatic carbocycles. The minimum atomic E-state index is -0.829. The molecular weight excluding hydrogens is 398 g/mol. The van der Waals surface area contributed by atoms with Gasteiger partial charge in [0.2, 0.25) is 16.7 Å². The number of nitrogens with one attached hydrogen (secondary N) is 1. The molecule has 7 nitrogen and oxygen atoms in total. The Morgan fingerprint density at radius 2 is 2.10 bits per heavy atom. The van der Waals surface area contributed by atoms with Crippen molar-refractivity contribution < 1.29 is 9.32 Å². The normalized spacial score (nSPS) is 22.4. The Morgan fingerprint density at radius 1 is 1.30 bits per heavy atom. The Morgan fingerprint density at radius 3 is 2.80 bits per heavy atom. The van der Waals surface area contributed by atoms with E-state index >= 15 is 0 Å². The van der Waals surface area contributed by atoms with Gasteiger partial charge in [-0.2, -0.15) is 10.2 Å². The van der Waals surface area contributed by atoms with Crippen LogP contribution in [0.4, 0.5) is 11.8 Å². The van der Waals surface area contributed by atoms with Crippen LogP contribution in [0, 0.1) is 11.3 Å². The Balaban J connectivity index is 1.36. The molecule has 1 aromatic heterocycles. The van der Waals surface area contributed by atoms with Crippen molar-refractivity contribution in [2.24, 2.45) is 0 Å². The molecule has 0 spiro atoms. The summed E-state index contributed by atoms with van der Waals surface area (Å²) in [5.41, 5.74) is 2.59. The van der Waals surface area contributed by atoms with Crippen molar-refractivity contribution >= 4 is 22.6 Å². The maximum absolute atomic E-state index is 10.5. The number of aryl methyl sites for hydroxylation is 1. The first-order valence-corrected chi connectivity index (χ1v) is 11.9. The smallest absolute Gasteiger partial charge is 0.227 e. The van der Waals surface area contributed by atoms with Crippen LogP contribution in [-0.2, 0) is 17.2 Å². The first-order valence-electron chi connectivity index (χ1n) is 10.6. The van der Waals surface area contributed by atoms with Gasteiger partial charge in [0.25, 0.3) is 0 Å². The number of aliphatic hydroxyl groups is 1. The highest BCUT2D eigenvalue weighted by Gasteiger charge is 2.44. The molecule has 2 fully saturated rings. The van der Waals surface area contributed by atoms with E-state index in [0.29, 0.717) is 29.0 Å². The minimum absolute atomic E-state index is 0.0769. The topological polar surface area (TPSA) is 106 Å². The molecule has 3 heterocycles. The van der Waals surface area contributed by atoms with E-state index in [0.717, 1.165) is 55.8 Å². The molecule has 1 saturated heterocycles. The third-order valence-electron chi connectivity index (χ3n) is 6.50. The molecule has 0 radical (unpaired) electrons. The quantitative estimate of drug-likeness (QED) is 0.714. The molecular formula is C22H26N5O2S+. The van der Waals surface area contributed by atoms with Crippen LogP contribution in [0.3, 0.4) is 0 Å². The first kappa shape index (κ1) is 19.5. The molecule has 1 aliphatic carbocycles. The standard InChI is InChI=1S/C22H25N5O2S/c23-13-15-2-1-3-17(12-15)16-4-9-27(10-5-16)21-24-18-6-11-30(29)19(18)20(25-21)26-22(14-28)7-8-22/h1-3,12,16,28H,4-11,14H2,(H,24,25,26)/p+1. The minimum Gasteiger partial charge on any atom is -0.394 e. The Labute approximate surface area is 178 Å². The Bertz CT molecular complexity index is 1040. The van der Waals surface area contributed by atoms with Crippen molar-refractivity contribution in [2.75, 3.05) is 35.7 Å². The maximum Gasteiger partial charge on any atom is 0.227 e. The lowest BCUT2D eigenvalue weighted by molar-refractivity contribution is 0.265. The summed E-state index contributed by atoms with van der Waals surface area (Å²) in [6, 6.07) is 10.1. The summed E-state index contributed by atoms with van der Waals surface area (Å²) in [5, 5.41) is 22.3. The average Bonchev–Trinajstić information content (AvgIpc) is 3.47. The van der Waals surface area contributed by atoms with Crippen LogP contribution in [0.25, 0.3) is 0 Å². The molecule has 8 heteroatoms. The second-order valence-corrected chi connectivity index (χ2v) is 10.1. The number of anilines is 2. The number of aromatic nitrogens is 2. The fourth-order valence-electron chi connectivity index (χ4n) is 4.42. The summed E-state index contributed by atoms with van der Waals surface area (Å²) in [6.07, 6.45) is 4.59. The van der Waals surface area contributed by atoms with Gasteiger partial charge in [-0.25, -0.2) is 9.19 Å². The molecule has 1 saturated carbocycles. The first-order chi connectivity index (χ1) is 14.6. The van der Waals surface area contributed by atoms with Crippen LogP contribution in [0.5, 0.6) is 0 Å². The van der Waals surface area contributed by atoms with Gasteiger partial charge in [0, 0.05) is 19.5 Å². The van der Waals surface area contributed by atoms with Crippen LogP contribution in [0.1, 0.15) is 48.4 Å². The second-order valence-electron chi connectivity index (χ2n) is 8.53. The van der Waals surface area contributed by atoms with E-state index in [1.807, 2.05) is 18.2 Å². The fraction of sp³-hybridized carbons (Fsp3) is 0.500. The molecule has 0 bridgehead atoms. The van der Waals surface area contributed by atoms with Crippen LogP contribution in [0.15, 0.2) is 29.2 Å². The van der Waals surface area contributed by atoms with Crippen LogP contribution in [-0.4, -0.2) is 50.3 Å². The van der Waals surface area contributed by atoms with Crippen LogP contribution < -0.4 is 10.2 Å². The number of benzene rings is 1. The number of aliphatic hydroxyl groups excluding tert-OH is 1. The lowest BCUT2D eigenvalue weighted by Gasteiger charge is -2.32. The molecule has 0 amide bonds. The number of nitrogens with zero attached hydrogens (tertiary/aromatic N) is 4. The third-order valence-corrected chi connectivity index (χ3v) is 7.99. The highest BCUT2D eigenvalue weighted by atomic mass is 32.2. The zero-order valence-corrected chi connectivity index (χ0v) is 17.7. The fourth-order valence-corrected chi connectivity index (χ4v) is 5.75. The Kier molecular flexibility index (Phi) is 4.95. The molecule has 3 N–H and O–H groups in total. The highest BCUT2D eigenvalue weighted by Crippen LogP contribution is 2.41. The van der Waals surface area contributed by atoms with E-state index < -0.39 is 10.8 Å². The zero-order chi connectivity index (χ0) is 20.7. The van der Waals surface area contributed by atoms with Gasteiger partial charge in [-0.15, -0.1) is 0 Å². The van der Waals surface area contributed by atoms with E-state index in [4.69, 9.17) is 15.2 Å². The van der Waals surface area contributed by atoms with E-state index in [1.54, 1.807) is 0 Å². The number of rotatable bonds is 5. The van der Waals surface area contributed by atoms with E-state index in [2.05, 4.69) is 22.4 Å². The highest BCUT2D eigenvalue weighted by molar-refractivity contribution is 7.85. The van der Waals surface area contributed by atoms with Gasteiger partial charge in [0.15, 0.2) is 10.7 Å². The zero-order valence-electron chi connectivity index (χ0n) is 16.8. The number of piperidine rings is 1. The SMILES string of the molecule is N#Cc1cccc(C2CCN(c3nc4c(c(NC5(CO)CC5)n3)S(=[OH+])CC4)CC2)c1. The predicted octanol–water partition coefficient (Wildman–Crippen LogP) is 2.49. The summed E-state index contributed by atoms with van der Waals surface area (Å²) in [6.45, 7) is 1.79. The Hall–Kier alpha value is -2.50. The van der Waals surface area contributed by atoms with Crippen molar-refractivity contribution in [1.29, 1.82) is 5.26 Å². The van der Waals surface area contributed by atoms with Crippen molar-refractivity contribution in [2.45, 2.75) is 48.5 Å². The molecule has 30 heavy (non-hydrogen) atoms. The van der Waals surface area contributed by atoms with E-state index in [9.17, 15) is 9.32 Å². The number of hydrogen-bond acceptors (Lipinski definition) is 6. The molecule has 1 unspecified atom stereocenters. The van der Waals surface area contributed by atoms with Crippen molar-refractivity contribution in [3.05, 3.63) is 41.1 Å². The van der Waals surface area contributed by atoms with Gasteiger partial charge >= 0.3 is 0 Å². The molecule has 156 valence electrons. The van der Waals surface area contributed by atoms with Gasteiger partial charge in [-0.1, -0.05) is 12.1 Å². The third kappa shape index (κ3) is 3.57. The molecule has 2 aromatic rings. The summed E-state index contributed by atoms with van der Waals surface area (Å²) < 4.78 is 10.5. The maximum atomic E-state index is 10.5. The summed E-state index contributed by atoms with van der Waals surface area (Å²) in [4.78, 5) is 12.7. The number of nitriles is 1. The summed E-state index contributed by atoms with van der Waals surface area (Å²) in [7, 11) is -0.829. The second kappa shape index (κ2) is 7.64. The van der Waals surface area contributed by atoms with Gasteiger partial charge in [-0.3, -0.25) is 0 Å². The predicted molar refractivity (Wildman–Crippen MR) is 116 cm³/mol. The summed E-state index contributed by atoms with van der Waals surface area (Å²) >= 11 is 0. The molecule has 1 atom stereocenters. The van der Waals surface area contributed by atoms with Crippen LogP contribution >= 0.6 is 0 Å². The van der Waals surface area contributed by atoms with Gasteiger partial charge in [0.1, 0.15) is 0 Å². The number of fused-ring (bicyclic) bond motifs is 1. The molecule has 5 rings (SSSR count).